The lowest BCUT2D eigenvalue weighted by Gasteiger charge is -2.17. The molecule has 0 spiro atoms. The predicted molar refractivity (Wildman–Crippen MR) is 65.1 cm³/mol. The first-order valence-electron chi connectivity index (χ1n) is 5.11. The highest BCUT2D eigenvalue weighted by Gasteiger charge is 2.42. The third-order valence-corrected chi connectivity index (χ3v) is 3.06. The highest BCUT2D eigenvalue weighted by atomic mass is 79.9. The Morgan fingerprint density at radius 3 is 2.47 bits per heavy atom. The quantitative estimate of drug-likeness (QED) is 0.937. The lowest BCUT2D eigenvalue weighted by Crippen LogP contribution is -2.22. The van der Waals surface area contributed by atoms with Crippen molar-refractivity contribution in [2.75, 3.05) is 0 Å². The average Bonchev–Trinajstić information content (AvgIpc) is 2.72. The molecule has 0 unspecified atom stereocenters. The minimum atomic E-state index is -3.49. The van der Waals surface area contributed by atoms with Gasteiger partial charge in [-0.15, -0.1) is 5.10 Å². The molecule has 1 N–H and O–H groups in total. The van der Waals surface area contributed by atoms with Crippen LogP contribution < -0.4 is 0 Å². The van der Waals surface area contributed by atoms with Crippen LogP contribution in [0.1, 0.15) is 21.7 Å². The molecule has 100 valence electrons. The Kier molecular flexibility index (Phi) is 3.36. The normalized spacial score (nSPS) is 11.6. The van der Waals surface area contributed by atoms with Crippen LogP contribution >= 0.6 is 15.9 Å². The fraction of sp³-hybridized carbons (Fsp3) is 0.182. The van der Waals surface area contributed by atoms with Crippen molar-refractivity contribution in [1.29, 1.82) is 0 Å². The summed E-state index contributed by atoms with van der Waals surface area (Å²) in [4.78, 5) is 10.9. The molecule has 19 heavy (non-hydrogen) atoms. The second-order valence-electron chi connectivity index (χ2n) is 3.80. The van der Waals surface area contributed by atoms with E-state index in [9.17, 15) is 13.6 Å². The van der Waals surface area contributed by atoms with E-state index in [-0.39, 0.29) is 5.56 Å². The molecule has 0 amide bonds. The van der Waals surface area contributed by atoms with Crippen LogP contribution in [0.4, 0.5) is 8.78 Å². The maximum atomic E-state index is 14.4. The minimum absolute atomic E-state index is 0.330. The SMILES string of the molecule is Cn1nnc(C(=O)O)c1C(F)(F)c1ccc(Br)cc1. The zero-order chi connectivity index (χ0) is 14.2. The number of aromatic carboxylic acids is 1. The molecule has 1 aromatic heterocycles. The molecule has 8 heteroatoms. The summed E-state index contributed by atoms with van der Waals surface area (Å²) in [6.45, 7) is 0. The van der Waals surface area contributed by atoms with E-state index in [4.69, 9.17) is 5.11 Å². The molecule has 0 bridgehead atoms. The van der Waals surface area contributed by atoms with Gasteiger partial charge in [0.25, 0.3) is 0 Å². The van der Waals surface area contributed by atoms with Crippen LogP contribution in [0.3, 0.4) is 0 Å². The van der Waals surface area contributed by atoms with Gasteiger partial charge < -0.3 is 5.11 Å². The molecule has 0 aliphatic heterocycles. The molecule has 5 nitrogen and oxygen atoms in total. The fourth-order valence-corrected chi connectivity index (χ4v) is 1.91. The Morgan fingerprint density at radius 2 is 1.95 bits per heavy atom. The lowest BCUT2D eigenvalue weighted by atomic mass is 10.0. The van der Waals surface area contributed by atoms with Crippen LogP contribution in [0.25, 0.3) is 0 Å². The molecule has 2 rings (SSSR count). The molecule has 0 aliphatic rings. The Labute approximate surface area is 115 Å². The van der Waals surface area contributed by atoms with Crippen LogP contribution in [0.5, 0.6) is 0 Å². The number of benzene rings is 1. The number of carbonyl (C=O) groups is 1. The number of nitrogens with zero attached hydrogens (tertiary/aromatic N) is 3. The van der Waals surface area contributed by atoms with E-state index < -0.39 is 23.3 Å². The third-order valence-electron chi connectivity index (χ3n) is 2.53. The number of carboxylic acids is 1. The van der Waals surface area contributed by atoms with Gasteiger partial charge >= 0.3 is 11.9 Å². The number of rotatable bonds is 3. The van der Waals surface area contributed by atoms with E-state index in [1.54, 1.807) is 0 Å². The molecular weight excluding hydrogens is 324 g/mol. The summed E-state index contributed by atoms with van der Waals surface area (Å²) in [7, 11) is 1.22. The van der Waals surface area contributed by atoms with Gasteiger partial charge in [0.2, 0.25) is 0 Å². The molecule has 0 radical (unpaired) electrons. The Bertz CT molecular complexity index is 625. The van der Waals surface area contributed by atoms with Crippen LogP contribution in [0, 0.1) is 0 Å². The molecule has 0 atom stereocenters. The first-order valence-corrected chi connectivity index (χ1v) is 5.90. The Morgan fingerprint density at radius 1 is 1.37 bits per heavy atom. The predicted octanol–water partition coefficient (Wildman–Crippen LogP) is 2.42. The van der Waals surface area contributed by atoms with Gasteiger partial charge in [-0.1, -0.05) is 33.3 Å². The zero-order valence-electron chi connectivity index (χ0n) is 9.64. The van der Waals surface area contributed by atoms with E-state index in [2.05, 4.69) is 26.2 Å². The molecule has 1 aromatic carbocycles. The van der Waals surface area contributed by atoms with E-state index in [0.29, 0.717) is 4.47 Å². The number of hydrogen-bond acceptors (Lipinski definition) is 3. The van der Waals surface area contributed by atoms with Crippen LogP contribution in [-0.4, -0.2) is 26.1 Å². The molecule has 2 aromatic rings. The van der Waals surface area contributed by atoms with E-state index in [1.165, 1.54) is 31.3 Å². The van der Waals surface area contributed by atoms with E-state index >= 15 is 0 Å². The molecule has 0 aliphatic carbocycles. The van der Waals surface area contributed by atoms with Gasteiger partial charge in [0.15, 0.2) is 5.69 Å². The number of alkyl halides is 2. The van der Waals surface area contributed by atoms with Crippen LogP contribution in [0.15, 0.2) is 28.7 Å². The summed E-state index contributed by atoms with van der Waals surface area (Å²) >= 11 is 3.14. The van der Waals surface area contributed by atoms with Crippen molar-refractivity contribution in [3.8, 4) is 0 Å². The summed E-state index contributed by atoms with van der Waals surface area (Å²) in [5.74, 6) is -5.04. The minimum Gasteiger partial charge on any atom is -0.476 e. The topological polar surface area (TPSA) is 68.0 Å². The van der Waals surface area contributed by atoms with Crippen molar-refractivity contribution >= 4 is 21.9 Å². The third kappa shape index (κ3) is 2.35. The summed E-state index contributed by atoms with van der Waals surface area (Å²) in [5.41, 5.74) is -1.83. The van der Waals surface area contributed by atoms with Gasteiger partial charge in [0, 0.05) is 17.1 Å². The van der Waals surface area contributed by atoms with Crippen LogP contribution in [-0.2, 0) is 13.0 Å². The van der Waals surface area contributed by atoms with E-state index in [0.717, 1.165) is 4.68 Å². The fourth-order valence-electron chi connectivity index (χ4n) is 1.65. The lowest BCUT2D eigenvalue weighted by molar-refractivity contribution is 0.0308. The number of carboxylic acid groups (broad SMARTS) is 1. The molecule has 1 heterocycles. The van der Waals surface area contributed by atoms with E-state index in [1.807, 2.05) is 0 Å². The summed E-state index contributed by atoms with van der Waals surface area (Å²) in [5, 5.41) is 15.5. The standard InChI is InChI=1S/C11H8BrF2N3O2/c1-17-9(8(10(18)19)15-16-17)11(13,14)6-2-4-7(12)5-3-6/h2-5H,1H3,(H,18,19). The van der Waals surface area contributed by atoms with Gasteiger partial charge in [-0.25, -0.2) is 9.48 Å². The van der Waals surface area contributed by atoms with Crippen molar-refractivity contribution in [3.05, 3.63) is 45.7 Å². The molecule has 0 fully saturated rings. The monoisotopic (exact) mass is 331 g/mol. The highest BCUT2D eigenvalue weighted by molar-refractivity contribution is 9.10. The molecule has 0 saturated carbocycles. The first-order chi connectivity index (χ1) is 8.84. The summed E-state index contributed by atoms with van der Waals surface area (Å²) in [6, 6.07) is 5.33. The van der Waals surface area contributed by atoms with Gasteiger partial charge in [0.05, 0.1) is 0 Å². The van der Waals surface area contributed by atoms with Crippen LogP contribution in [0.2, 0.25) is 0 Å². The Hall–Kier alpha value is -1.83. The van der Waals surface area contributed by atoms with Crippen molar-refractivity contribution in [2.45, 2.75) is 5.92 Å². The number of hydrogen-bond donors (Lipinski definition) is 1. The van der Waals surface area contributed by atoms with Crippen molar-refractivity contribution in [3.63, 3.8) is 0 Å². The number of aromatic nitrogens is 3. The maximum absolute atomic E-state index is 14.4. The van der Waals surface area contributed by atoms with Crippen molar-refractivity contribution in [2.24, 2.45) is 7.05 Å². The smallest absolute Gasteiger partial charge is 0.358 e. The maximum Gasteiger partial charge on any atom is 0.358 e. The van der Waals surface area contributed by atoms with Crippen molar-refractivity contribution in [1.82, 2.24) is 15.0 Å². The van der Waals surface area contributed by atoms with Gasteiger partial charge in [0.1, 0.15) is 5.69 Å². The second-order valence-corrected chi connectivity index (χ2v) is 4.71. The first kappa shape index (κ1) is 13.6. The summed E-state index contributed by atoms with van der Waals surface area (Å²) in [6.07, 6.45) is 0. The zero-order valence-corrected chi connectivity index (χ0v) is 11.2. The number of halogens is 3. The van der Waals surface area contributed by atoms with Crippen molar-refractivity contribution < 1.29 is 18.7 Å². The Balaban J connectivity index is 2.59. The van der Waals surface area contributed by atoms with Gasteiger partial charge in [-0.2, -0.15) is 8.78 Å². The summed E-state index contributed by atoms with van der Waals surface area (Å²) < 4.78 is 30.1. The van der Waals surface area contributed by atoms with Gasteiger partial charge in [-0.05, 0) is 12.1 Å². The second kappa shape index (κ2) is 4.69. The largest absolute Gasteiger partial charge is 0.476 e. The molecular formula is C11H8BrF2N3O2. The van der Waals surface area contributed by atoms with Gasteiger partial charge in [-0.3, -0.25) is 0 Å². The highest BCUT2D eigenvalue weighted by Crippen LogP contribution is 2.37. The molecule has 0 saturated heterocycles. The average molecular weight is 332 g/mol. The number of aryl methyl sites for hydroxylation is 1.